The van der Waals surface area contributed by atoms with E-state index in [4.69, 9.17) is 9.47 Å². The van der Waals surface area contributed by atoms with Gasteiger partial charge in [0.1, 0.15) is 11.5 Å². The molecule has 0 radical (unpaired) electrons. The molecule has 40 heavy (non-hydrogen) atoms. The van der Waals surface area contributed by atoms with Gasteiger partial charge in [-0.05, 0) is 56.8 Å². The molecule has 1 aliphatic rings. The molecule has 2 heterocycles. The van der Waals surface area contributed by atoms with Gasteiger partial charge in [0.2, 0.25) is 5.91 Å². The van der Waals surface area contributed by atoms with E-state index in [9.17, 15) is 13.2 Å². The predicted octanol–water partition coefficient (Wildman–Crippen LogP) is 4.22. The summed E-state index contributed by atoms with van der Waals surface area (Å²) in [4.78, 5) is 23.9. The van der Waals surface area contributed by atoms with E-state index in [0.717, 1.165) is 19.4 Å². The summed E-state index contributed by atoms with van der Waals surface area (Å²) < 4.78 is 40.3. The van der Waals surface area contributed by atoms with Crippen LogP contribution in [-0.4, -0.2) is 63.0 Å². The highest BCUT2D eigenvalue weighted by Crippen LogP contribution is 2.31. The lowest BCUT2D eigenvalue weighted by Crippen LogP contribution is -2.37. The van der Waals surface area contributed by atoms with Crippen LogP contribution in [0.15, 0.2) is 71.6 Å². The zero-order valence-electron chi connectivity index (χ0n) is 22.3. The molecule has 1 atom stereocenters. The summed E-state index contributed by atoms with van der Waals surface area (Å²) in [6.07, 6.45) is 1.70. The van der Waals surface area contributed by atoms with Gasteiger partial charge < -0.3 is 20.1 Å². The second-order valence-corrected chi connectivity index (χ2v) is 11.1. The van der Waals surface area contributed by atoms with Crippen LogP contribution in [0.5, 0.6) is 11.5 Å². The van der Waals surface area contributed by atoms with Crippen molar-refractivity contribution in [1.82, 2.24) is 14.9 Å². The summed E-state index contributed by atoms with van der Waals surface area (Å²) in [5.74, 6) is 1.11. The number of carbonyl (C=O) groups excluding carboxylic acids is 1. The molecule has 11 nitrogen and oxygen atoms in total. The molecule has 1 fully saturated rings. The number of amides is 1. The first-order valence-corrected chi connectivity index (χ1v) is 14.1. The fourth-order valence-corrected chi connectivity index (χ4v) is 5.62. The van der Waals surface area contributed by atoms with Gasteiger partial charge in [-0.15, -0.1) is 0 Å². The number of ether oxygens (including phenoxy) is 2. The quantitative estimate of drug-likeness (QED) is 0.274. The predicted molar refractivity (Wildman–Crippen MR) is 154 cm³/mol. The number of nitrogens with zero attached hydrogens (tertiary/aromatic N) is 3. The number of sulfonamides is 1. The Morgan fingerprint density at radius 1 is 0.900 bits per heavy atom. The van der Waals surface area contributed by atoms with Gasteiger partial charge in [0.05, 0.1) is 36.2 Å². The van der Waals surface area contributed by atoms with Crippen LogP contribution in [0, 0.1) is 0 Å². The van der Waals surface area contributed by atoms with Crippen molar-refractivity contribution in [3.63, 3.8) is 0 Å². The maximum absolute atomic E-state index is 13.5. The summed E-state index contributed by atoms with van der Waals surface area (Å²) in [5, 5.41) is 5.98. The van der Waals surface area contributed by atoms with Gasteiger partial charge >= 0.3 is 0 Å². The van der Waals surface area contributed by atoms with Gasteiger partial charge in [0.15, 0.2) is 11.6 Å². The molecule has 0 spiro atoms. The van der Waals surface area contributed by atoms with Gasteiger partial charge in [0, 0.05) is 29.6 Å². The van der Waals surface area contributed by atoms with Gasteiger partial charge in [0.25, 0.3) is 10.0 Å². The molecular weight excluding hydrogens is 532 g/mol. The lowest BCUT2D eigenvalue weighted by molar-refractivity contribution is -0.119. The minimum Gasteiger partial charge on any atom is -0.497 e. The normalized spacial score (nSPS) is 15.5. The third-order valence-corrected chi connectivity index (χ3v) is 7.99. The van der Waals surface area contributed by atoms with E-state index in [1.807, 2.05) is 18.0 Å². The Morgan fingerprint density at radius 2 is 1.57 bits per heavy atom. The number of rotatable bonds is 9. The monoisotopic (exact) mass is 562 g/mol. The van der Waals surface area contributed by atoms with Crippen LogP contribution in [0.2, 0.25) is 0 Å². The number of benzene rings is 3. The fraction of sp³-hybridized carbons (Fsp3) is 0.250. The Morgan fingerprint density at radius 3 is 2.20 bits per heavy atom. The highest BCUT2D eigenvalue weighted by molar-refractivity contribution is 7.92. The molecule has 4 aromatic rings. The Labute approximate surface area is 232 Å². The Bertz CT molecular complexity index is 1640. The third-order valence-electron chi connectivity index (χ3n) is 6.65. The molecule has 12 heteroatoms. The van der Waals surface area contributed by atoms with Crippen LogP contribution in [-0.2, 0) is 14.8 Å². The number of carbonyl (C=O) groups is 1. The number of likely N-dealkylation sites (N-methyl/N-ethyl adjacent to an activating group) is 1. The second-order valence-electron chi connectivity index (χ2n) is 9.40. The standard InChI is InChI=1S/C28H30N6O5S/c1-34-13-7-12-25(34)28(35)30-18-8-6-9-22(16-18)40(36,37)33-27-26(31-23-10-4-5-11-24(23)32-27)29-19-14-20(38-2)17-21(15-19)39-3/h4-6,8-11,14-17,25H,7,12-13H2,1-3H3,(H,29,31)(H,30,35)(H,32,33)/t25-/m0/s1. The van der Waals surface area contributed by atoms with Gasteiger partial charge in [-0.25, -0.2) is 18.4 Å². The van der Waals surface area contributed by atoms with E-state index in [1.54, 1.807) is 48.5 Å². The number of fused-ring (bicyclic) bond motifs is 1. The largest absolute Gasteiger partial charge is 0.497 e. The molecule has 0 aliphatic carbocycles. The topological polar surface area (TPSA) is 135 Å². The maximum atomic E-state index is 13.5. The Kier molecular flexibility index (Phi) is 7.71. The van der Waals surface area contributed by atoms with Gasteiger partial charge in [-0.2, -0.15) is 0 Å². The number of anilines is 4. The van der Waals surface area contributed by atoms with Crippen LogP contribution in [0.1, 0.15) is 12.8 Å². The van der Waals surface area contributed by atoms with Crippen molar-refractivity contribution < 1.29 is 22.7 Å². The zero-order chi connectivity index (χ0) is 28.3. The summed E-state index contributed by atoms with van der Waals surface area (Å²) >= 11 is 0. The average molecular weight is 563 g/mol. The first-order valence-electron chi connectivity index (χ1n) is 12.7. The summed E-state index contributed by atoms with van der Waals surface area (Å²) in [5.41, 5.74) is 2.03. The number of nitrogens with one attached hydrogen (secondary N) is 3. The van der Waals surface area contributed by atoms with E-state index in [-0.39, 0.29) is 28.5 Å². The fourth-order valence-electron chi connectivity index (χ4n) is 4.57. The van der Waals surface area contributed by atoms with E-state index in [1.165, 1.54) is 26.4 Å². The Balaban J connectivity index is 1.46. The molecule has 1 aromatic heterocycles. The minimum atomic E-state index is -4.11. The number of para-hydroxylation sites is 2. The average Bonchev–Trinajstić information content (AvgIpc) is 3.39. The molecule has 208 valence electrons. The highest BCUT2D eigenvalue weighted by Gasteiger charge is 2.28. The molecule has 1 amide bonds. The number of hydrogen-bond acceptors (Lipinski definition) is 9. The van der Waals surface area contributed by atoms with Crippen molar-refractivity contribution in [3.05, 3.63) is 66.7 Å². The maximum Gasteiger partial charge on any atom is 0.263 e. The first-order chi connectivity index (χ1) is 19.3. The number of hydrogen-bond donors (Lipinski definition) is 3. The van der Waals surface area contributed by atoms with E-state index in [0.29, 0.717) is 33.9 Å². The SMILES string of the molecule is COc1cc(Nc2nc3ccccc3nc2NS(=O)(=O)c2cccc(NC(=O)[C@@H]3CCCN3C)c2)cc(OC)c1. The van der Waals surface area contributed by atoms with Gasteiger partial charge in [-0.3, -0.25) is 14.4 Å². The van der Waals surface area contributed by atoms with Crippen molar-refractivity contribution in [1.29, 1.82) is 0 Å². The van der Waals surface area contributed by atoms with E-state index < -0.39 is 10.0 Å². The van der Waals surface area contributed by atoms with Crippen LogP contribution < -0.4 is 24.8 Å². The molecule has 1 saturated heterocycles. The van der Waals surface area contributed by atoms with Crippen LogP contribution in [0.25, 0.3) is 11.0 Å². The summed E-state index contributed by atoms with van der Waals surface area (Å²) in [6, 6.07) is 18.2. The molecule has 0 saturated carbocycles. The number of methoxy groups -OCH3 is 2. The third kappa shape index (κ3) is 5.92. The van der Waals surface area contributed by atoms with E-state index in [2.05, 4.69) is 25.3 Å². The highest BCUT2D eigenvalue weighted by atomic mass is 32.2. The lowest BCUT2D eigenvalue weighted by atomic mass is 10.2. The second kappa shape index (κ2) is 11.4. The minimum absolute atomic E-state index is 0.00232. The van der Waals surface area contributed by atoms with Crippen molar-refractivity contribution in [3.8, 4) is 11.5 Å². The molecule has 1 aliphatic heterocycles. The van der Waals surface area contributed by atoms with Crippen molar-refractivity contribution in [2.45, 2.75) is 23.8 Å². The number of likely N-dealkylation sites (tertiary alicyclic amines) is 1. The van der Waals surface area contributed by atoms with Gasteiger partial charge in [-0.1, -0.05) is 18.2 Å². The molecule has 3 aromatic carbocycles. The zero-order valence-corrected chi connectivity index (χ0v) is 23.2. The van der Waals surface area contributed by atoms with Crippen LogP contribution in [0.3, 0.4) is 0 Å². The Hall–Kier alpha value is -4.42. The first kappa shape index (κ1) is 27.2. The lowest BCUT2D eigenvalue weighted by Gasteiger charge is -2.19. The van der Waals surface area contributed by atoms with Crippen molar-refractivity contribution in [2.24, 2.45) is 0 Å². The van der Waals surface area contributed by atoms with Crippen molar-refractivity contribution >= 4 is 50.0 Å². The summed E-state index contributed by atoms with van der Waals surface area (Å²) in [6.45, 7) is 0.849. The molecule has 0 unspecified atom stereocenters. The number of aromatic nitrogens is 2. The van der Waals surface area contributed by atoms with Crippen LogP contribution in [0.4, 0.5) is 23.0 Å². The smallest absolute Gasteiger partial charge is 0.263 e. The van der Waals surface area contributed by atoms with Crippen LogP contribution >= 0.6 is 0 Å². The van der Waals surface area contributed by atoms with Crippen molar-refractivity contribution in [2.75, 3.05) is 43.2 Å². The molecule has 5 rings (SSSR count). The summed E-state index contributed by atoms with van der Waals surface area (Å²) in [7, 11) is 0.865. The molecule has 0 bridgehead atoms. The van der Waals surface area contributed by atoms with E-state index >= 15 is 0 Å². The molecular formula is C28H30N6O5S. The molecule has 3 N–H and O–H groups in total.